The number of H-pyrrole nitrogens is 1. The summed E-state index contributed by atoms with van der Waals surface area (Å²) in [4.78, 5) is 54.7. The summed E-state index contributed by atoms with van der Waals surface area (Å²) in [6.45, 7) is 0.238. The highest BCUT2D eigenvalue weighted by atomic mass is 32.2. The van der Waals surface area contributed by atoms with Crippen molar-refractivity contribution in [2.24, 2.45) is 5.73 Å². The summed E-state index contributed by atoms with van der Waals surface area (Å²) in [5.41, 5.74) is 7.19. The Morgan fingerprint density at radius 3 is 2.71 bits per heavy atom. The van der Waals surface area contributed by atoms with E-state index >= 15 is 0 Å². The SMILES string of the molecule is CSCCC(NC(=O)C(Cc1c[nH]c2ccccc12)NC(=O)C1CCCN1C(=O)CN)C(=O)O. The van der Waals surface area contributed by atoms with E-state index in [1.165, 1.54) is 16.7 Å². The van der Waals surface area contributed by atoms with Gasteiger partial charge in [0.05, 0.1) is 6.54 Å². The Balaban J connectivity index is 1.82. The first kappa shape index (κ1) is 25.6. The van der Waals surface area contributed by atoms with Crippen LogP contribution in [-0.2, 0) is 25.6 Å². The number of carbonyl (C=O) groups is 4. The van der Waals surface area contributed by atoms with Crippen molar-refractivity contribution in [3.05, 3.63) is 36.0 Å². The van der Waals surface area contributed by atoms with Crippen LogP contribution in [-0.4, -0.2) is 81.9 Å². The molecule has 1 aromatic heterocycles. The van der Waals surface area contributed by atoms with Gasteiger partial charge in [0.15, 0.2) is 0 Å². The van der Waals surface area contributed by atoms with E-state index in [4.69, 9.17) is 5.73 Å². The van der Waals surface area contributed by atoms with Crippen LogP contribution in [0.3, 0.4) is 0 Å². The number of nitrogens with two attached hydrogens (primary N) is 1. The Morgan fingerprint density at radius 1 is 1.24 bits per heavy atom. The number of hydrogen-bond donors (Lipinski definition) is 5. The van der Waals surface area contributed by atoms with Crippen molar-refractivity contribution in [3.63, 3.8) is 0 Å². The number of amides is 3. The summed E-state index contributed by atoms with van der Waals surface area (Å²) < 4.78 is 0. The number of benzene rings is 1. The average molecular weight is 490 g/mol. The molecule has 0 spiro atoms. The highest BCUT2D eigenvalue weighted by molar-refractivity contribution is 7.98. The zero-order valence-electron chi connectivity index (χ0n) is 19.1. The van der Waals surface area contributed by atoms with Crippen molar-refractivity contribution in [3.8, 4) is 0 Å². The van der Waals surface area contributed by atoms with Gasteiger partial charge in [-0.15, -0.1) is 0 Å². The van der Waals surface area contributed by atoms with Crippen LogP contribution in [0.15, 0.2) is 30.5 Å². The van der Waals surface area contributed by atoms with Gasteiger partial charge in [0.25, 0.3) is 0 Å². The number of fused-ring (bicyclic) bond motifs is 1. The van der Waals surface area contributed by atoms with E-state index in [2.05, 4.69) is 15.6 Å². The number of thioether (sulfide) groups is 1. The molecule has 3 unspecified atom stereocenters. The number of para-hydroxylation sites is 1. The van der Waals surface area contributed by atoms with Crippen molar-refractivity contribution < 1.29 is 24.3 Å². The number of aromatic nitrogens is 1. The second-order valence-electron chi connectivity index (χ2n) is 8.25. The predicted molar refractivity (Wildman–Crippen MR) is 130 cm³/mol. The minimum Gasteiger partial charge on any atom is -0.480 e. The van der Waals surface area contributed by atoms with Gasteiger partial charge in [-0.3, -0.25) is 14.4 Å². The number of rotatable bonds is 11. The van der Waals surface area contributed by atoms with Crippen LogP contribution in [0.25, 0.3) is 10.9 Å². The normalized spacial score (nSPS) is 17.4. The van der Waals surface area contributed by atoms with Gasteiger partial charge < -0.3 is 31.4 Å². The number of nitrogens with zero attached hydrogens (tertiary/aromatic N) is 1. The smallest absolute Gasteiger partial charge is 0.326 e. The number of nitrogens with one attached hydrogen (secondary N) is 3. The molecule has 1 aliphatic rings. The van der Waals surface area contributed by atoms with Crippen molar-refractivity contribution >= 4 is 46.4 Å². The molecule has 0 saturated carbocycles. The molecule has 1 aliphatic heterocycles. The fraction of sp³-hybridized carbons (Fsp3) is 0.478. The fourth-order valence-corrected chi connectivity index (χ4v) is 4.69. The maximum Gasteiger partial charge on any atom is 0.326 e. The molecular weight excluding hydrogens is 458 g/mol. The molecule has 34 heavy (non-hydrogen) atoms. The Hall–Kier alpha value is -3.05. The molecule has 11 heteroatoms. The van der Waals surface area contributed by atoms with Gasteiger partial charge in [-0.1, -0.05) is 18.2 Å². The van der Waals surface area contributed by atoms with Crippen LogP contribution < -0.4 is 16.4 Å². The van der Waals surface area contributed by atoms with Gasteiger partial charge in [0.2, 0.25) is 17.7 Å². The molecule has 1 aromatic carbocycles. The van der Waals surface area contributed by atoms with E-state index in [1.54, 1.807) is 6.20 Å². The van der Waals surface area contributed by atoms with Crippen LogP contribution in [0.1, 0.15) is 24.8 Å². The van der Waals surface area contributed by atoms with E-state index < -0.39 is 35.9 Å². The molecular formula is C23H31N5O5S. The lowest BCUT2D eigenvalue weighted by molar-refractivity contribution is -0.142. The molecule has 0 bridgehead atoms. The van der Waals surface area contributed by atoms with Gasteiger partial charge >= 0.3 is 5.97 Å². The van der Waals surface area contributed by atoms with E-state index in [-0.39, 0.29) is 25.3 Å². The van der Waals surface area contributed by atoms with Crippen LogP contribution >= 0.6 is 11.8 Å². The Bertz CT molecular complexity index is 1040. The van der Waals surface area contributed by atoms with Crippen molar-refractivity contribution in [2.45, 2.75) is 43.8 Å². The number of aromatic amines is 1. The maximum atomic E-state index is 13.2. The molecule has 0 aliphatic carbocycles. The summed E-state index contributed by atoms with van der Waals surface area (Å²) in [5.74, 6) is -1.92. The predicted octanol–water partition coefficient (Wildman–Crippen LogP) is 0.467. The van der Waals surface area contributed by atoms with Crippen LogP contribution in [0.2, 0.25) is 0 Å². The average Bonchev–Trinajstić information content (AvgIpc) is 3.48. The monoisotopic (exact) mass is 489 g/mol. The third kappa shape index (κ3) is 6.09. The molecule has 3 amide bonds. The third-order valence-corrected chi connectivity index (χ3v) is 6.65. The minimum atomic E-state index is -1.13. The number of hydrogen-bond acceptors (Lipinski definition) is 6. The third-order valence-electron chi connectivity index (χ3n) is 6.01. The molecule has 184 valence electrons. The van der Waals surface area contributed by atoms with Gasteiger partial charge in [0.1, 0.15) is 18.1 Å². The number of carboxylic acid groups (broad SMARTS) is 1. The maximum absolute atomic E-state index is 13.2. The second-order valence-corrected chi connectivity index (χ2v) is 9.24. The van der Waals surface area contributed by atoms with Crippen molar-refractivity contribution in [2.75, 3.05) is 25.1 Å². The van der Waals surface area contributed by atoms with Gasteiger partial charge in [-0.05, 0) is 42.9 Å². The fourth-order valence-electron chi connectivity index (χ4n) is 4.22. The Labute approximate surface area is 202 Å². The molecule has 1 saturated heterocycles. The Kier molecular flexibility index (Phi) is 8.94. The van der Waals surface area contributed by atoms with Crippen LogP contribution in [0.5, 0.6) is 0 Å². The molecule has 6 N–H and O–H groups in total. The van der Waals surface area contributed by atoms with E-state index in [0.717, 1.165) is 16.5 Å². The molecule has 1 fully saturated rings. The first-order valence-corrected chi connectivity index (χ1v) is 12.6. The van der Waals surface area contributed by atoms with Crippen molar-refractivity contribution in [1.29, 1.82) is 0 Å². The lowest BCUT2D eigenvalue weighted by Crippen LogP contribution is -2.56. The van der Waals surface area contributed by atoms with E-state index in [1.807, 2.05) is 30.5 Å². The van der Waals surface area contributed by atoms with Crippen LogP contribution in [0, 0.1) is 0 Å². The summed E-state index contributed by atoms with van der Waals surface area (Å²) >= 11 is 1.48. The number of carboxylic acids is 1. The number of carbonyl (C=O) groups excluding carboxylic acids is 3. The first-order valence-electron chi connectivity index (χ1n) is 11.2. The highest BCUT2D eigenvalue weighted by Crippen LogP contribution is 2.21. The largest absolute Gasteiger partial charge is 0.480 e. The van der Waals surface area contributed by atoms with E-state index in [0.29, 0.717) is 25.1 Å². The first-order chi connectivity index (χ1) is 16.3. The molecule has 2 aromatic rings. The lowest BCUT2D eigenvalue weighted by Gasteiger charge is -2.26. The zero-order valence-corrected chi connectivity index (χ0v) is 19.9. The molecule has 0 radical (unpaired) electrons. The Morgan fingerprint density at radius 2 is 2.00 bits per heavy atom. The van der Waals surface area contributed by atoms with Crippen LogP contribution in [0.4, 0.5) is 0 Å². The quantitative estimate of drug-likeness (QED) is 0.307. The number of aliphatic carboxylic acids is 1. The molecule has 3 rings (SSSR count). The topological polar surface area (TPSA) is 158 Å². The van der Waals surface area contributed by atoms with E-state index in [9.17, 15) is 24.3 Å². The second kappa shape index (κ2) is 11.9. The zero-order chi connectivity index (χ0) is 24.7. The molecule has 3 atom stereocenters. The standard InChI is InChI=1S/C23H31N5O5S/c1-34-10-8-17(23(32)33)26-21(30)18(11-14-13-25-16-6-3-2-5-15(14)16)27-22(31)19-7-4-9-28(19)20(29)12-24/h2-3,5-6,13,17-19,25H,4,7-12,24H2,1H3,(H,26,30)(H,27,31)(H,32,33). The summed E-state index contributed by atoms with van der Waals surface area (Å²) in [6, 6.07) is 4.80. The van der Waals surface area contributed by atoms with Gasteiger partial charge in [-0.2, -0.15) is 11.8 Å². The molecule has 10 nitrogen and oxygen atoms in total. The lowest BCUT2D eigenvalue weighted by atomic mass is 10.0. The summed E-state index contributed by atoms with van der Waals surface area (Å²) in [6.07, 6.45) is 5.20. The van der Waals surface area contributed by atoms with Gasteiger partial charge in [-0.25, -0.2) is 4.79 Å². The summed E-state index contributed by atoms with van der Waals surface area (Å²) in [5, 5.41) is 15.8. The summed E-state index contributed by atoms with van der Waals surface area (Å²) in [7, 11) is 0. The van der Waals surface area contributed by atoms with Gasteiger partial charge in [0, 0.05) is 30.1 Å². The highest BCUT2D eigenvalue weighted by Gasteiger charge is 2.36. The molecule has 2 heterocycles. The van der Waals surface area contributed by atoms with Crippen molar-refractivity contribution in [1.82, 2.24) is 20.5 Å². The minimum absolute atomic E-state index is 0.161. The number of likely N-dealkylation sites (tertiary alicyclic amines) is 1.